The topological polar surface area (TPSA) is 29.5 Å². The van der Waals surface area contributed by atoms with Gasteiger partial charge in [-0.25, -0.2) is 0 Å². The molecule has 2 nitrogen and oxygen atoms in total. The van der Waals surface area contributed by atoms with Gasteiger partial charge in [-0.15, -0.1) is 0 Å². The Balaban J connectivity index is 2.19. The molecule has 2 rings (SSSR count). The maximum atomic E-state index is 11.0. The second-order valence-electron chi connectivity index (χ2n) is 7.38. The molecule has 3 heteroatoms. The summed E-state index contributed by atoms with van der Waals surface area (Å²) in [5.41, 5.74) is -0.0931. The summed E-state index contributed by atoms with van der Waals surface area (Å²) in [5, 5.41) is 11.0. The van der Waals surface area contributed by atoms with Crippen LogP contribution < -0.4 is 0 Å². The van der Waals surface area contributed by atoms with Crippen molar-refractivity contribution in [2.75, 3.05) is 0 Å². The molecular formula is C17H25BrO2. The van der Waals surface area contributed by atoms with E-state index >= 15 is 0 Å². The summed E-state index contributed by atoms with van der Waals surface area (Å²) in [7, 11) is 0. The van der Waals surface area contributed by atoms with Crippen molar-refractivity contribution < 1.29 is 9.84 Å². The summed E-state index contributed by atoms with van der Waals surface area (Å²) in [6.45, 7) is 10.3. The van der Waals surface area contributed by atoms with Crippen molar-refractivity contribution in [2.24, 2.45) is 5.92 Å². The van der Waals surface area contributed by atoms with Crippen molar-refractivity contribution in [1.82, 2.24) is 0 Å². The van der Waals surface area contributed by atoms with Crippen LogP contribution in [-0.2, 0) is 11.2 Å². The third kappa shape index (κ3) is 3.44. The fraction of sp³-hybridized carbons (Fsp3) is 0.647. The minimum Gasteiger partial charge on any atom is -0.389 e. The molecule has 0 saturated carbocycles. The molecule has 0 aliphatic carbocycles. The maximum Gasteiger partial charge on any atom is 0.0716 e. The summed E-state index contributed by atoms with van der Waals surface area (Å²) in [6.07, 6.45) is 1.53. The lowest BCUT2D eigenvalue weighted by atomic mass is 9.73. The summed E-state index contributed by atoms with van der Waals surface area (Å²) < 4.78 is 7.19. The van der Waals surface area contributed by atoms with Crippen LogP contribution in [0.5, 0.6) is 0 Å². The van der Waals surface area contributed by atoms with Gasteiger partial charge in [-0.05, 0) is 58.7 Å². The first-order valence-electron chi connectivity index (χ1n) is 7.19. The van der Waals surface area contributed by atoms with Gasteiger partial charge in [0.15, 0.2) is 0 Å². The lowest BCUT2D eigenvalue weighted by molar-refractivity contribution is -0.108. The Kier molecular flexibility index (Phi) is 4.09. The summed E-state index contributed by atoms with van der Waals surface area (Å²) >= 11 is 3.44. The summed E-state index contributed by atoms with van der Waals surface area (Å²) in [5.74, 6) is 0.119. The van der Waals surface area contributed by atoms with E-state index in [1.165, 1.54) is 0 Å². The minimum absolute atomic E-state index is 0.119. The molecule has 2 atom stereocenters. The van der Waals surface area contributed by atoms with Crippen molar-refractivity contribution in [3.05, 3.63) is 34.3 Å². The van der Waals surface area contributed by atoms with Gasteiger partial charge < -0.3 is 9.84 Å². The number of halogens is 1. The lowest BCUT2D eigenvalue weighted by Gasteiger charge is -2.37. The van der Waals surface area contributed by atoms with Crippen LogP contribution in [0.3, 0.4) is 0 Å². The number of rotatable bonds is 3. The van der Waals surface area contributed by atoms with Crippen LogP contribution in [0.15, 0.2) is 28.7 Å². The van der Waals surface area contributed by atoms with E-state index in [0.29, 0.717) is 6.42 Å². The molecule has 0 amide bonds. The molecule has 112 valence electrons. The van der Waals surface area contributed by atoms with Gasteiger partial charge in [0.25, 0.3) is 0 Å². The van der Waals surface area contributed by atoms with Gasteiger partial charge >= 0.3 is 0 Å². The Morgan fingerprint density at radius 1 is 1.25 bits per heavy atom. The monoisotopic (exact) mass is 340 g/mol. The van der Waals surface area contributed by atoms with Crippen LogP contribution in [0, 0.1) is 5.92 Å². The number of hydrogen-bond acceptors (Lipinski definition) is 2. The molecule has 1 N–H and O–H groups in total. The smallest absolute Gasteiger partial charge is 0.0716 e. The number of ether oxygens (including phenoxy) is 1. The van der Waals surface area contributed by atoms with Gasteiger partial charge in [-0.2, -0.15) is 0 Å². The molecule has 1 saturated heterocycles. The zero-order chi connectivity index (χ0) is 15.2. The van der Waals surface area contributed by atoms with E-state index in [1.807, 2.05) is 19.1 Å². The molecule has 1 fully saturated rings. The van der Waals surface area contributed by atoms with Crippen LogP contribution in [-0.4, -0.2) is 21.9 Å². The summed E-state index contributed by atoms with van der Waals surface area (Å²) in [4.78, 5) is 0. The largest absolute Gasteiger partial charge is 0.389 e. The number of benzene rings is 1. The molecule has 0 radical (unpaired) electrons. The van der Waals surface area contributed by atoms with Gasteiger partial charge in [0.1, 0.15) is 0 Å². The molecule has 1 aromatic rings. The molecule has 1 aliphatic rings. The molecule has 0 bridgehead atoms. The van der Waals surface area contributed by atoms with Crippen molar-refractivity contribution in [3.8, 4) is 0 Å². The van der Waals surface area contributed by atoms with E-state index in [0.717, 1.165) is 16.5 Å². The zero-order valence-corrected chi connectivity index (χ0v) is 14.6. The molecule has 0 aromatic heterocycles. The Morgan fingerprint density at radius 3 is 2.25 bits per heavy atom. The predicted molar refractivity (Wildman–Crippen MR) is 85.8 cm³/mol. The van der Waals surface area contributed by atoms with Gasteiger partial charge in [-0.3, -0.25) is 0 Å². The second kappa shape index (κ2) is 5.11. The van der Waals surface area contributed by atoms with E-state index in [-0.39, 0.29) is 17.1 Å². The quantitative estimate of drug-likeness (QED) is 0.886. The highest BCUT2D eigenvalue weighted by molar-refractivity contribution is 9.10. The molecule has 1 aliphatic heterocycles. The van der Waals surface area contributed by atoms with Crippen LogP contribution >= 0.6 is 15.9 Å². The van der Waals surface area contributed by atoms with Gasteiger partial charge in [-0.1, -0.05) is 28.1 Å². The first-order valence-corrected chi connectivity index (χ1v) is 7.98. The fourth-order valence-electron chi connectivity index (χ4n) is 3.67. The number of hydrogen-bond donors (Lipinski definition) is 1. The SMILES string of the molecule is CC1(C)CC(C(C)(O)Cc2ccc(Br)cc2)C(C)(C)O1. The number of aliphatic hydroxyl groups is 1. The standard InChI is InChI=1S/C17H25BrO2/c1-15(2)11-14(16(3,4)20-15)17(5,19)10-12-6-8-13(18)9-7-12/h6-9,14,19H,10-11H2,1-5H3. The Labute approximate surface area is 130 Å². The second-order valence-corrected chi connectivity index (χ2v) is 8.30. The first-order chi connectivity index (χ1) is 9.02. The minimum atomic E-state index is -0.773. The van der Waals surface area contributed by atoms with Gasteiger partial charge in [0, 0.05) is 16.8 Å². The predicted octanol–water partition coefficient (Wildman–Crippen LogP) is 4.34. The highest BCUT2D eigenvalue weighted by atomic mass is 79.9. The maximum absolute atomic E-state index is 11.0. The molecule has 20 heavy (non-hydrogen) atoms. The Hall–Kier alpha value is -0.380. The van der Waals surface area contributed by atoms with Crippen LogP contribution in [0.4, 0.5) is 0 Å². The zero-order valence-electron chi connectivity index (χ0n) is 13.0. The van der Waals surface area contributed by atoms with Crippen molar-refractivity contribution in [2.45, 2.75) is 64.3 Å². The van der Waals surface area contributed by atoms with Crippen LogP contribution in [0.25, 0.3) is 0 Å². The fourth-order valence-corrected chi connectivity index (χ4v) is 3.93. The van der Waals surface area contributed by atoms with Crippen molar-refractivity contribution >= 4 is 15.9 Å². The van der Waals surface area contributed by atoms with Crippen LogP contribution in [0.1, 0.15) is 46.6 Å². The van der Waals surface area contributed by atoms with Gasteiger partial charge in [0.05, 0.1) is 16.8 Å². The van der Waals surface area contributed by atoms with E-state index in [1.54, 1.807) is 0 Å². The third-order valence-electron chi connectivity index (χ3n) is 4.30. The van der Waals surface area contributed by atoms with Gasteiger partial charge in [0.2, 0.25) is 0 Å². The third-order valence-corrected chi connectivity index (χ3v) is 4.83. The molecule has 0 spiro atoms. The normalized spacial score (nSPS) is 27.2. The average molecular weight is 341 g/mol. The van der Waals surface area contributed by atoms with E-state index in [9.17, 15) is 5.11 Å². The van der Waals surface area contributed by atoms with E-state index in [2.05, 4.69) is 55.8 Å². The highest BCUT2D eigenvalue weighted by Gasteiger charge is 2.53. The molecule has 2 unspecified atom stereocenters. The van der Waals surface area contributed by atoms with Crippen molar-refractivity contribution in [3.63, 3.8) is 0 Å². The lowest BCUT2D eigenvalue weighted by Crippen LogP contribution is -2.46. The summed E-state index contributed by atoms with van der Waals surface area (Å²) in [6, 6.07) is 8.16. The van der Waals surface area contributed by atoms with Crippen LogP contribution in [0.2, 0.25) is 0 Å². The highest BCUT2D eigenvalue weighted by Crippen LogP contribution is 2.47. The Bertz CT molecular complexity index is 474. The van der Waals surface area contributed by atoms with E-state index < -0.39 is 5.60 Å². The van der Waals surface area contributed by atoms with E-state index in [4.69, 9.17) is 4.74 Å². The molecule has 1 heterocycles. The molecule has 1 aromatic carbocycles. The average Bonchev–Trinajstić information content (AvgIpc) is 2.50. The van der Waals surface area contributed by atoms with Crippen molar-refractivity contribution in [1.29, 1.82) is 0 Å². The Morgan fingerprint density at radius 2 is 1.80 bits per heavy atom. The first kappa shape index (κ1) is 16.0. The molecular weight excluding hydrogens is 316 g/mol.